The molecular weight excluding hydrogens is 316 g/mol. The van der Waals surface area contributed by atoms with Crippen molar-refractivity contribution in [3.63, 3.8) is 0 Å². The molecule has 1 aliphatic heterocycles. The van der Waals surface area contributed by atoms with E-state index in [1.807, 2.05) is 25.3 Å². The first-order chi connectivity index (χ1) is 12.2. The summed E-state index contributed by atoms with van der Waals surface area (Å²) in [7, 11) is 0. The molecule has 1 atom stereocenters. The minimum Gasteiger partial charge on any atom is -0.459 e. The van der Waals surface area contributed by atoms with Gasteiger partial charge in [-0.3, -0.25) is 9.58 Å². The van der Waals surface area contributed by atoms with E-state index in [1.54, 1.807) is 6.26 Å². The number of nitrogens with zero attached hydrogens (tertiary/aromatic N) is 4. The monoisotopic (exact) mass is 340 g/mol. The van der Waals surface area contributed by atoms with Crippen LogP contribution in [0.5, 0.6) is 0 Å². The highest BCUT2D eigenvalue weighted by molar-refractivity contribution is 5.44. The van der Waals surface area contributed by atoms with E-state index in [-0.39, 0.29) is 0 Å². The summed E-state index contributed by atoms with van der Waals surface area (Å²) < 4.78 is 13.3. The molecule has 25 heavy (non-hydrogen) atoms. The zero-order chi connectivity index (χ0) is 17.2. The Morgan fingerprint density at radius 2 is 2.20 bits per heavy atom. The zero-order valence-electron chi connectivity index (χ0n) is 14.8. The van der Waals surface area contributed by atoms with Crippen LogP contribution in [0.2, 0.25) is 0 Å². The van der Waals surface area contributed by atoms with Crippen molar-refractivity contribution < 1.29 is 8.83 Å². The molecule has 0 amide bonds. The summed E-state index contributed by atoms with van der Waals surface area (Å²) in [6.07, 6.45) is 9.38. The molecule has 3 aromatic rings. The Hall–Kier alpha value is -2.34. The fourth-order valence-electron chi connectivity index (χ4n) is 3.53. The molecule has 0 aromatic carbocycles. The van der Waals surface area contributed by atoms with Gasteiger partial charge in [-0.05, 0) is 50.9 Å². The molecular formula is C19H24N4O2. The summed E-state index contributed by atoms with van der Waals surface area (Å²) in [5.74, 6) is 2.11. The van der Waals surface area contributed by atoms with Crippen LogP contribution in [0.1, 0.15) is 36.3 Å². The number of piperidine rings is 1. The van der Waals surface area contributed by atoms with Gasteiger partial charge >= 0.3 is 0 Å². The highest BCUT2D eigenvalue weighted by atomic mass is 16.4. The molecule has 0 aliphatic carbocycles. The van der Waals surface area contributed by atoms with Crippen molar-refractivity contribution in [2.75, 3.05) is 6.54 Å². The van der Waals surface area contributed by atoms with E-state index < -0.39 is 0 Å². The number of furan rings is 1. The van der Waals surface area contributed by atoms with Gasteiger partial charge < -0.3 is 8.83 Å². The van der Waals surface area contributed by atoms with Gasteiger partial charge in [0.15, 0.2) is 5.76 Å². The number of likely N-dealkylation sites (tertiary alicyclic amines) is 1. The normalized spacial score (nSPS) is 18.7. The number of hydrogen-bond donors (Lipinski definition) is 0. The van der Waals surface area contributed by atoms with Crippen molar-refractivity contribution in [2.24, 2.45) is 0 Å². The third-order valence-corrected chi connectivity index (χ3v) is 4.89. The summed E-state index contributed by atoms with van der Waals surface area (Å²) in [6.45, 7) is 6.88. The lowest BCUT2D eigenvalue weighted by molar-refractivity contribution is 0.120. The molecule has 0 radical (unpaired) electrons. The van der Waals surface area contributed by atoms with E-state index in [1.165, 1.54) is 24.8 Å². The Morgan fingerprint density at radius 3 is 2.96 bits per heavy atom. The number of hydrogen-bond acceptors (Lipinski definition) is 5. The Kier molecular flexibility index (Phi) is 4.44. The molecule has 0 N–H and O–H groups in total. The number of aromatic nitrogens is 3. The molecule has 6 heteroatoms. The summed E-state index contributed by atoms with van der Waals surface area (Å²) >= 11 is 0. The largest absolute Gasteiger partial charge is 0.459 e. The van der Waals surface area contributed by atoms with Crippen LogP contribution in [0.25, 0.3) is 11.7 Å². The maximum Gasteiger partial charge on any atom is 0.263 e. The molecule has 0 spiro atoms. The molecule has 1 aliphatic rings. The molecule has 6 nitrogen and oxygen atoms in total. The topological polar surface area (TPSA) is 60.2 Å². The summed E-state index contributed by atoms with van der Waals surface area (Å²) in [5.41, 5.74) is 2.20. The zero-order valence-corrected chi connectivity index (χ0v) is 14.8. The fraction of sp³-hybridized carbons (Fsp3) is 0.474. The van der Waals surface area contributed by atoms with Gasteiger partial charge in [-0.15, -0.1) is 0 Å². The van der Waals surface area contributed by atoms with Crippen LogP contribution < -0.4 is 0 Å². The van der Waals surface area contributed by atoms with Crippen LogP contribution in [0.3, 0.4) is 0 Å². The molecule has 1 saturated heterocycles. The Labute approximate surface area is 147 Å². The summed E-state index contributed by atoms with van der Waals surface area (Å²) in [4.78, 5) is 7.18. The van der Waals surface area contributed by atoms with Crippen LogP contribution in [-0.4, -0.2) is 32.3 Å². The van der Waals surface area contributed by atoms with E-state index >= 15 is 0 Å². The highest BCUT2D eigenvalue weighted by Gasteiger charge is 2.25. The van der Waals surface area contributed by atoms with Gasteiger partial charge in [-0.2, -0.15) is 5.10 Å². The van der Waals surface area contributed by atoms with Gasteiger partial charge in [-0.25, -0.2) is 4.98 Å². The van der Waals surface area contributed by atoms with E-state index in [0.717, 1.165) is 31.1 Å². The molecule has 4 heterocycles. The maximum atomic E-state index is 5.81. The van der Waals surface area contributed by atoms with Gasteiger partial charge in [0.2, 0.25) is 0 Å². The third kappa shape index (κ3) is 3.54. The standard InChI is InChI=1S/C19H24N4O2/c1-14-10-20-23(11-14)12-16-6-3-4-8-22(16)13-17-15(2)25-19(21-17)18-7-5-9-24-18/h5,7,9-11,16H,3-4,6,8,12-13H2,1-2H3/t16-/m0/s1. The van der Waals surface area contributed by atoms with Crippen molar-refractivity contribution in [3.05, 3.63) is 47.8 Å². The van der Waals surface area contributed by atoms with Crippen molar-refractivity contribution in [2.45, 2.75) is 52.2 Å². The number of aryl methyl sites for hydroxylation is 2. The van der Waals surface area contributed by atoms with Crippen molar-refractivity contribution >= 4 is 0 Å². The molecule has 132 valence electrons. The molecule has 0 bridgehead atoms. The van der Waals surface area contributed by atoms with E-state index in [9.17, 15) is 0 Å². The van der Waals surface area contributed by atoms with Crippen molar-refractivity contribution in [1.82, 2.24) is 19.7 Å². The first-order valence-electron chi connectivity index (χ1n) is 8.92. The maximum absolute atomic E-state index is 5.81. The Balaban J connectivity index is 1.50. The molecule has 0 saturated carbocycles. The first kappa shape index (κ1) is 16.1. The Bertz CT molecular complexity index is 818. The Morgan fingerprint density at radius 1 is 1.28 bits per heavy atom. The minimum atomic E-state index is 0.483. The quantitative estimate of drug-likeness (QED) is 0.707. The number of oxazole rings is 1. The average Bonchev–Trinajstić information content (AvgIpc) is 3.32. The van der Waals surface area contributed by atoms with Crippen LogP contribution in [0.4, 0.5) is 0 Å². The SMILES string of the molecule is Cc1cnn(C[C@@H]2CCCCN2Cc2nc(-c3ccco3)oc2C)c1. The predicted molar refractivity (Wildman–Crippen MR) is 94.0 cm³/mol. The highest BCUT2D eigenvalue weighted by Crippen LogP contribution is 2.26. The van der Waals surface area contributed by atoms with E-state index in [0.29, 0.717) is 17.7 Å². The fourth-order valence-corrected chi connectivity index (χ4v) is 3.53. The average molecular weight is 340 g/mol. The second kappa shape index (κ2) is 6.88. The summed E-state index contributed by atoms with van der Waals surface area (Å²) in [6, 6.07) is 4.20. The molecule has 3 aromatic heterocycles. The lowest BCUT2D eigenvalue weighted by Crippen LogP contribution is -2.41. The van der Waals surface area contributed by atoms with E-state index in [2.05, 4.69) is 32.8 Å². The van der Waals surface area contributed by atoms with Gasteiger partial charge in [0, 0.05) is 18.8 Å². The lowest BCUT2D eigenvalue weighted by atomic mass is 10.0. The second-order valence-corrected chi connectivity index (χ2v) is 6.86. The molecule has 1 fully saturated rings. The van der Waals surface area contributed by atoms with Gasteiger partial charge in [0.25, 0.3) is 5.89 Å². The molecule has 0 unspecified atom stereocenters. The van der Waals surface area contributed by atoms with Crippen LogP contribution in [0.15, 0.2) is 39.6 Å². The van der Waals surface area contributed by atoms with Crippen molar-refractivity contribution in [3.8, 4) is 11.7 Å². The lowest BCUT2D eigenvalue weighted by Gasteiger charge is -2.35. The predicted octanol–water partition coefficient (Wildman–Crippen LogP) is 3.80. The van der Waals surface area contributed by atoms with Crippen molar-refractivity contribution in [1.29, 1.82) is 0 Å². The first-order valence-corrected chi connectivity index (χ1v) is 8.92. The smallest absolute Gasteiger partial charge is 0.263 e. The van der Waals surface area contributed by atoms with Gasteiger partial charge in [-0.1, -0.05) is 6.42 Å². The second-order valence-electron chi connectivity index (χ2n) is 6.86. The van der Waals surface area contributed by atoms with Gasteiger partial charge in [0.1, 0.15) is 5.76 Å². The number of rotatable bonds is 5. The summed E-state index contributed by atoms with van der Waals surface area (Å²) in [5, 5.41) is 4.45. The van der Waals surface area contributed by atoms with E-state index in [4.69, 9.17) is 8.83 Å². The minimum absolute atomic E-state index is 0.483. The van der Waals surface area contributed by atoms with Crippen LogP contribution in [-0.2, 0) is 13.1 Å². The van der Waals surface area contributed by atoms with Gasteiger partial charge in [0.05, 0.1) is 24.7 Å². The van der Waals surface area contributed by atoms with Crippen LogP contribution >= 0.6 is 0 Å². The molecule has 4 rings (SSSR count). The van der Waals surface area contributed by atoms with Crippen LogP contribution in [0, 0.1) is 13.8 Å². The third-order valence-electron chi connectivity index (χ3n) is 4.89.